The number of ether oxygens (including phenoxy) is 1. The molecule has 4 nitrogen and oxygen atoms in total. The first kappa shape index (κ1) is 11.8. The number of benzene rings is 1. The molecule has 17 heavy (non-hydrogen) atoms. The van der Waals surface area contributed by atoms with Crippen LogP contribution in [0.1, 0.15) is 12.7 Å². The molecule has 90 valence electrons. The fourth-order valence-corrected chi connectivity index (χ4v) is 1.88. The largest absolute Gasteiger partial charge is 0.494 e. The lowest BCUT2D eigenvalue weighted by atomic mass is 10.2. The molecule has 1 aromatic heterocycles. The monoisotopic (exact) mass is 253 g/mol. The molecule has 2 rings (SSSR count). The number of H-pyrrole nitrogens is 1. The van der Waals surface area contributed by atoms with Gasteiger partial charge in [-0.05, 0) is 24.4 Å². The van der Waals surface area contributed by atoms with Crippen molar-refractivity contribution in [3.8, 4) is 11.4 Å². The number of halogens is 1. The summed E-state index contributed by atoms with van der Waals surface area (Å²) >= 11 is 5.12. The van der Waals surface area contributed by atoms with Gasteiger partial charge >= 0.3 is 0 Å². The quantitative estimate of drug-likeness (QED) is 0.855. The zero-order chi connectivity index (χ0) is 12.4. The third-order valence-corrected chi connectivity index (χ3v) is 2.73. The Labute approximate surface area is 103 Å². The molecular formula is C11H12FN3OS. The topological polar surface area (TPSA) is 42.8 Å². The Morgan fingerprint density at radius 3 is 2.88 bits per heavy atom. The van der Waals surface area contributed by atoms with Crippen LogP contribution in [0.15, 0.2) is 18.2 Å². The minimum atomic E-state index is -0.421. The summed E-state index contributed by atoms with van der Waals surface area (Å²) in [7, 11) is 1.43. The number of aryl methyl sites for hydroxylation is 1. The fourth-order valence-electron chi connectivity index (χ4n) is 1.63. The highest BCUT2D eigenvalue weighted by Gasteiger charge is 2.09. The van der Waals surface area contributed by atoms with E-state index >= 15 is 0 Å². The van der Waals surface area contributed by atoms with E-state index in [1.165, 1.54) is 13.2 Å². The van der Waals surface area contributed by atoms with Crippen LogP contribution >= 0.6 is 12.2 Å². The normalized spacial score (nSPS) is 10.5. The Kier molecular flexibility index (Phi) is 3.23. The van der Waals surface area contributed by atoms with Crippen molar-refractivity contribution in [1.82, 2.24) is 14.8 Å². The van der Waals surface area contributed by atoms with E-state index < -0.39 is 5.82 Å². The van der Waals surface area contributed by atoms with E-state index in [0.717, 1.165) is 5.82 Å². The summed E-state index contributed by atoms with van der Waals surface area (Å²) in [4.78, 5) is 0. The molecule has 1 heterocycles. The van der Waals surface area contributed by atoms with Gasteiger partial charge in [0.1, 0.15) is 5.82 Å². The molecule has 0 saturated carbocycles. The summed E-state index contributed by atoms with van der Waals surface area (Å²) < 4.78 is 20.6. The minimum absolute atomic E-state index is 0.210. The van der Waals surface area contributed by atoms with Crippen molar-refractivity contribution in [2.45, 2.75) is 13.3 Å². The summed E-state index contributed by atoms with van der Waals surface area (Å²) in [6.45, 7) is 1.96. The van der Waals surface area contributed by atoms with Gasteiger partial charge in [0, 0.05) is 12.5 Å². The van der Waals surface area contributed by atoms with Crippen molar-refractivity contribution in [3.05, 3.63) is 34.6 Å². The van der Waals surface area contributed by atoms with Crippen molar-refractivity contribution in [3.63, 3.8) is 0 Å². The second kappa shape index (κ2) is 4.67. The Morgan fingerprint density at radius 1 is 1.53 bits per heavy atom. The first-order valence-electron chi connectivity index (χ1n) is 5.17. The van der Waals surface area contributed by atoms with Crippen molar-refractivity contribution in [2.75, 3.05) is 7.11 Å². The molecule has 0 aliphatic rings. The van der Waals surface area contributed by atoms with Gasteiger partial charge in [0.25, 0.3) is 0 Å². The average Bonchev–Trinajstić information content (AvgIpc) is 2.70. The molecule has 1 aromatic carbocycles. The van der Waals surface area contributed by atoms with Gasteiger partial charge < -0.3 is 4.74 Å². The lowest BCUT2D eigenvalue weighted by molar-refractivity contribution is 0.386. The number of rotatable bonds is 3. The minimum Gasteiger partial charge on any atom is -0.494 e. The van der Waals surface area contributed by atoms with Crippen LogP contribution < -0.4 is 4.74 Å². The Morgan fingerprint density at radius 2 is 2.29 bits per heavy atom. The summed E-state index contributed by atoms with van der Waals surface area (Å²) in [5.41, 5.74) is 0.638. The molecule has 0 atom stereocenters. The summed E-state index contributed by atoms with van der Waals surface area (Å²) in [6.07, 6.45) is 0.709. The van der Waals surface area contributed by atoms with Crippen LogP contribution in [0, 0.1) is 10.6 Å². The summed E-state index contributed by atoms with van der Waals surface area (Å²) in [5.74, 6) is 0.552. The van der Waals surface area contributed by atoms with Gasteiger partial charge in [-0.2, -0.15) is 5.10 Å². The van der Waals surface area contributed by atoms with Crippen LogP contribution in [-0.4, -0.2) is 21.9 Å². The van der Waals surface area contributed by atoms with Gasteiger partial charge in [-0.3, -0.25) is 9.67 Å². The lowest BCUT2D eigenvalue weighted by Gasteiger charge is -2.07. The molecule has 0 fully saturated rings. The van der Waals surface area contributed by atoms with Crippen LogP contribution in [-0.2, 0) is 6.42 Å². The molecule has 0 aliphatic heterocycles. The van der Waals surface area contributed by atoms with Crippen LogP contribution in [0.4, 0.5) is 4.39 Å². The van der Waals surface area contributed by atoms with E-state index in [1.807, 2.05) is 6.92 Å². The van der Waals surface area contributed by atoms with E-state index in [2.05, 4.69) is 10.2 Å². The maximum atomic E-state index is 13.6. The van der Waals surface area contributed by atoms with Crippen LogP contribution in [0.5, 0.6) is 5.75 Å². The highest BCUT2D eigenvalue weighted by molar-refractivity contribution is 7.71. The number of nitrogens with one attached hydrogen (secondary N) is 1. The molecule has 6 heteroatoms. The van der Waals surface area contributed by atoms with Crippen molar-refractivity contribution in [2.24, 2.45) is 0 Å². The van der Waals surface area contributed by atoms with Gasteiger partial charge in [-0.25, -0.2) is 4.39 Å². The molecule has 0 saturated heterocycles. The maximum absolute atomic E-state index is 13.6. The summed E-state index contributed by atoms with van der Waals surface area (Å²) in [6, 6.07) is 4.69. The zero-order valence-corrected chi connectivity index (χ0v) is 10.3. The van der Waals surface area contributed by atoms with Gasteiger partial charge in [0.15, 0.2) is 16.3 Å². The molecule has 1 N–H and O–H groups in total. The molecule has 0 aliphatic carbocycles. The number of methoxy groups -OCH3 is 1. The predicted octanol–water partition coefficient (Wildman–Crippen LogP) is 2.64. The number of hydrogen-bond acceptors (Lipinski definition) is 3. The standard InChI is InChI=1S/C11H12FN3OS/c1-3-10-13-14-11(17)15(10)7-4-5-9(16-2)8(12)6-7/h4-6H,3H2,1-2H3,(H,14,17). The highest BCUT2D eigenvalue weighted by Crippen LogP contribution is 2.21. The van der Waals surface area contributed by atoms with E-state index in [0.29, 0.717) is 16.9 Å². The van der Waals surface area contributed by atoms with E-state index in [9.17, 15) is 4.39 Å². The predicted molar refractivity (Wildman–Crippen MR) is 64.6 cm³/mol. The van der Waals surface area contributed by atoms with E-state index in [-0.39, 0.29) is 5.75 Å². The lowest BCUT2D eigenvalue weighted by Crippen LogP contribution is -2.01. The number of nitrogens with zero attached hydrogens (tertiary/aromatic N) is 2. The third-order valence-electron chi connectivity index (χ3n) is 2.45. The highest BCUT2D eigenvalue weighted by atomic mass is 32.1. The molecule has 0 radical (unpaired) electrons. The van der Waals surface area contributed by atoms with Gasteiger partial charge in [0.2, 0.25) is 0 Å². The zero-order valence-electron chi connectivity index (χ0n) is 9.53. The number of aromatic nitrogens is 3. The molecule has 0 unspecified atom stereocenters. The van der Waals surface area contributed by atoms with Crippen LogP contribution in [0.2, 0.25) is 0 Å². The molecule has 2 aromatic rings. The van der Waals surface area contributed by atoms with E-state index in [4.69, 9.17) is 17.0 Å². The fraction of sp³-hybridized carbons (Fsp3) is 0.273. The number of hydrogen-bond donors (Lipinski definition) is 1. The van der Waals surface area contributed by atoms with Gasteiger partial charge in [0.05, 0.1) is 12.8 Å². The number of aromatic amines is 1. The maximum Gasteiger partial charge on any atom is 0.199 e. The third kappa shape index (κ3) is 2.08. The molecule has 0 bridgehead atoms. The van der Waals surface area contributed by atoms with Gasteiger partial charge in [-0.1, -0.05) is 6.92 Å². The van der Waals surface area contributed by atoms with Crippen molar-refractivity contribution < 1.29 is 9.13 Å². The second-order valence-corrected chi connectivity index (χ2v) is 3.84. The molecule has 0 spiro atoms. The Balaban J connectivity index is 2.57. The SMILES string of the molecule is CCc1n[nH]c(=S)n1-c1ccc(OC)c(F)c1. The van der Waals surface area contributed by atoms with Crippen LogP contribution in [0.25, 0.3) is 5.69 Å². The van der Waals surface area contributed by atoms with E-state index in [1.54, 1.807) is 16.7 Å². The van der Waals surface area contributed by atoms with Gasteiger partial charge in [-0.15, -0.1) is 0 Å². The molecule has 0 amide bonds. The van der Waals surface area contributed by atoms with Crippen LogP contribution in [0.3, 0.4) is 0 Å². The van der Waals surface area contributed by atoms with Crippen molar-refractivity contribution >= 4 is 12.2 Å². The smallest absolute Gasteiger partial charge is 0.199 e. The summed E-state index contributed by atoms with van der Waals surface area (Å²) in [5, 5.41) is 6.77. The Hall–Kier alpha value is -1.69. The average molecular weight is 253 g/mol. The van der Waals surface area contributed by atoms with Crippen molar-refractivity contribution in [1.29, 1.82) is 0 Å². The Bertz CT molecular complexity index is 591. The second-order valence-electron chi connectivity index (χ2n) is 3.45. The molecular weight excluding hydrogens is 241 g/mol. The first-order valence-corrected chi connectivity index (χ1v) is 5.58. The first-order chi connectivity index (χ1) is 8.17.